The standard InChI is InChI=1S/C47H68N2O13/c1-31(2)42(50)57-22-12-19-48-45(53)61-35(28-59-34-14-9-8-10-15-34)26-55-21-11-16-37-38-17-18-47(7,25-41(38)40-24-39(37)40)30-56-27-36(29-60-44(52)33(5)6)62-46(54)49-20-13-23-58-43(51)32(3)4/h8-10,14-15,35-41H,1,3,5,11-13,16-30H2,2,4,6-7H3,(H,48,53)(H,49,54). The summed E-state index contributed by atoms with van der Waals surface area (Å²) in [5, 5.41) is 5.33. The number of amides is 2. The molecule has 0 spiro atoms. The third-order valence-corrected chi connectivity index (χ3v) is 11.6. The van der Waals surface area contributed by atoms with Gasteiger partial charge in [0.2, 0.25) is 0 Å². The second kappa shape index (κ2) is 25.3. The highest BCUT2D eigenvalue weighted by Crippen LogP contribution is 2.68. The molecule has 1 aromatic rings. The summed E-state index contributed by atoms with van der Waals surface area (Å²) < 4.78 is 44.8. The Hall–Kier alpha value is -4.89. The van der Waals surface area contributed by atoms with Crippen LogP contribution in [-0.4, -0.2) is 108 Å². The summed E-state index contributed by atoms with van der Waals surface area (Å²) in [4.78, 5) is 60.4. The zero-order valence-corrected chi connectivity index (χ0v) is 37.1. The molecule has 15 heteroatoms. The number of benzene rings is 1. The number of carbonyl (C=O) groups is 5. The minimum Gasteiger partial charge on any atom is -0.490 e. The molecule has 3 fully saturated rings. The Morgan fingerprint density at radius 2 is 1.24 bits per heavy atom. The monoisotopic (exact) mass is 868 g/mol. The third-order valence-electron chi connectivity index (χ3n) is 11.6. The zero-order chi connectivity index (χ0) is 45.1. The Morgan fingerprint density at radius 3 is 1.84 bits per heavy atom. The smallest absolute Gasteiger partial charge is 0.407 e. The van der Waals surface area contributed by atoms with E-state index < -0.39 is 42.3 Å². The van der Waals surface area contributed by atoms with E-state index >= 15 is 0 Å². The molecule has 0 heterocycles. The van der Waals surface area contributed by atoms with Crippen LogP contribution in [0.1, 0.15) is 79.1 Å². The molecule has 344 valence electrons. The molecular formula is C47H68N2O13. The van der Waals surface area contributed by atoms with Gasteiger partial charge in [0, 0.05) is 36.4 Å². The number of fused-ring (bicyclic) bond motifs is 3. The van der Waals surface area contributed by atoms with Crippen LogP contribution in [0.5, 0.6) is 5.75 Å². The first kappa shape index (κ1) is 49.8. The Balaban J connectivity index is 1.18. The number of alkyl carbamates (subject to hydrolysis) is 2. The lowest BCUT2D eigenvalue weighted by atomic mass is 9.64. The van der Waals surface area contributed by atoms with Crippen molar-refractivity contribution < 1.29 is 61.9 Å². The lowest BCUT2D eigenvalue weighted by Gasteiger charge is -2.43. The first-order valence-corrected chi connectivity index (χ1v) is 21.9. The van der Waals surface area contributed by atoms with Gasteiger partial charge in [-0.2, -0.15) is 0 Å². The Bertz CT molecular complexity index is 1680. The highest BCUT2D eigenvalue weighted by Gasteiger charge is 2.61. The van der Waals surface area contributed by atoms with Gasteiger partial charge < -0.3 is 48.5 Å². The maximum Gasteiger partial charge on any atom is 0.407 e. The predicted octanol–water partition coefficient (Wildman–Crippen LogP) is 6.90. The Labute approximate surface area is 366 Å². The van der Waals surface area contributed by atoms with Gasteiger partial charge >= 0.3 is 30.1 Å². The van der Waals surface area contributed by atoms with Crippen LogP contribution in [0.3, 0.4) is 0 Å². The molecule has 3 aliphatic carbocycles. The van der Waals surface area contributed by atoms with E-state index in [-0.39, 0.29) is 63.7 Å². The van der Waals surface area contributed by atoms with Gasteiger partial charge in [0.1, 0.15) is 19.0 Å². The van der Waals surface area contributed by atoms with Crippen LogP contribution in [-0.2, 0) is 47.5 Å². The summed E-state index contributed by atoms with van der Waals surface area (Å²) in [6.45, 7) is 19.7. The minimum atomic E-state index is -0.822. The number of hydrogen-bond acceptors (Lipinski definition) is 13. The number of hydrogen-bond donors (Lipinski definition) is 2. The topological polar surface area (TPSA) is 183 Å². The van der Waals surface area contributed by atoms with Crippen molar-refractivity contribution in [2.24, 2.45) is 35.0 Å². The molecule has 15 nitrogen and oxygen atoms in total. The highest BCUT2D eigenvalue weighted by atomic mass is 16.6. The molecule has 8 unspecified atom stereocenters. The summed E-state index contributed by atoms with van der Waals surface area (Å²) in [5.41, 5.74) is 0.828. The van der Waals surface area contributed by atoms with Crippen LogP contribution >= 0.6 is 0 Å². The molecule has 0 aromatic heterocycles. The van der Waals surface area contributed by atoms with Crippen LogP contribution in [0.4, 0.5) is 9.59 Å². The summed E-state index contributed by atoms with van der Waals surface area (Å²) in [7, 11) is 0. The fourth-order valence-electron chi connectivity index (χ4n) is 8.44. The fraction of sp³-hybridized carbons (Fsp3) is 0.638. The van der Waals surface area contributed by atoms with Crippen molar-refractivity contribution in [2.75, 3.05) is 65.9 Å². The Kier molecular flexibility index (Phi) is 20.3. The molecule has 0 bridgehead atoms. The maximum absolute atomic E-state index is 12.6. The van der Waals surface area contributed by atoms with Crippen molar-refractivity contribution in [1.29, 1.82) is 0 Å². The summed E-state index contributed by atoms with van der Waals surface area (Å²) in [5.74, 6) is 2.58. The largest absolute Gasteiger partial charge is 0.490 e. The number of rotatable bonds is 28. The molecule has 0 radical (unpaired) electrons. The van der Waals surface area contributed by atoms with E-state index in [0.717, 1.165) is 43.9 Å². The molecule has 0 aliphatic heterocycles. The van der Waals surface area contributed by atoms with E-state index in [1.807, 2.05) is 30.3 Å². The van der Waals surface area contributed by atoms with Crippen LogP contribution in [0.25, 0.3) is 0 Å². The summed E-state index contributed by atoms with van der Waals surface area (Å²) in [6.07, 6.45) is 4.57. The van der Waals surface area contributed by atoms with E-state index in [2.05, 4.69) is 37.3 Å². The van der Waals surface area contributed by atoms with Gasteiger partial charge in [-0.3, -0.25) is 0 Å². The van der Waals surface area contributed by atoms with E-state index in [1.165, 1.54) is 6.42 Å². The van der Waals surface area contributed by atoms with Crippen molar-refractivity contribution in [3.63, 3.8) is 0 Å². The van der Waals surface area contributed by atoms with Crippen molar-refractivity contribution >= 4 is 30.1 Å². The van der Waals surface area contributed by atoms with E-state index in [0.29, 0.717) is 60.7 Å². The normalized spacial score (nSPS) is 22.9. The molecular weight excluding hydrogens is 801 g/mol. The fourth-order valence-corrected chi connectivity index (χ4v) is 8.44. The second-order valence-electron chi connectivity index (χ2n) is 17.3. The molecule has 3 saturated carbocycles. The quantitative estimate of drug-likeness (QED) is 0.0385. The first-order valence-electron chi connectivity index (χ1n) is 21.9. The lowest BCUT2D eigenvalue weighted by molar-refractivity contribution is -0.144. The second-order valence-corrected chi connectivity index (χ2v) is 17.3. The van der Waals surface area contributed by atoms with Crippen LogP contribution in [0, 0.1) is 35.0 Å². The van der Waals surface area contributed by atoms with Crippen LogP contribution < -0.4 is 15.4 Å². The Morgan fingerprint density at radius 1 is 0.677 bits per heavy atom. The molecule has 1 aromatic carbocycles. The number of nitrogens with one attached hydrogen (secondary N) is 2. The number of carbonyl (C=O) groups excluding carboxylic acids is 5. The van der Waals surface area contributed by atoms with Crippen molar-refractivity contribution in [2.45, 2.75) is 91.3 Å². The first-order chi connectivity index (χ1) is 29.7. The van der Waals surface area contributed by atoms with Crippen molar-refractivity contribution in [3.05, 3.63) is 66.8 Å². The van der Waals surface area contributed by atoms with Crippen LogP contribution in [0.15, 0.2) is 66.8 Å². The third kappa shape index (κ3) is 17.1. The predicted molar refractivity (Wildman–Crippen MR) is 230 cm³/mol. The van der Waals surface area contributed by atoms with Gasteiger partial charge in [-0.1, -0.05) is 44.9 Å². The van der Waals surface area contributed by atoms with Gasteiger partial charge in [0.25, 0.3) is 0 Å². The SMILES string of the molecule is C=C(C)C(=O)OCCCNC(=O)OC(COCC1(C)CCC2C(CCCOCC(COc3ccccc3)OC(=O)NCCCOC(=O)C(=C)C)C3CC3C2C1)COC(=O)C(=C)C. The van der Waals surface area contributed by atoms with Crippen molar-refractivity contribution in [3.8, 4) is 5.75 Å². The molecule has 8 atom stereocenters. The maximum atomic E-state index is 12.6. The zero-order valence-electron chi connectivity index (χ0n) is 37.1. The number of ether oxygens (including phenoxy) is 8. The average molecular weight is 869 g/mol. The van der Waals surface area contributed by atoms with Gasteiger partial charge in [-0.25, -0.2) is 24.0 Å². The number of para-hydroxylation sites is 1. The molecule has 62 heavy (non-hydrogen) atoms. The van der Waals surface area contributed by atoms with E-state index in [4.69, 9.17) is 37.9 Å². The van der Waals surface area contributed by atoms with E-state index in [9.17, 15) is 24.0 Å². The summed E-state index contributed by atoms with van der Waals surface area (Å²) in [6, 6.07) is 9.32. The lowest BCUT2D eigenvalue weighted by Crippen LogP contribution is -2.39. The van der Waals surface area contributed by atoms with Gasteiger partial charge in [-0.05, 0) is 119 Å². The molecule has 2 N–H and O–H groups in total. The van der Waals surface area contributed by atoms with Gasteiger partial charge in [0.15, 0.2) is 12.2 Å². The molecule has 4 rings (SSSR count). The summed E-state index contributed by atoms with van der Waals surface area (Å²) >= 11 is 0. The van der Waals surface area contributed by atoms with Crippen molar-refractivity contribution in [1.82, 2.24) is 10.6 Å². The van der Waals surface area contributed by atoms with Gasteiger partial charge in [0.05, 0.1) is 33.0 Å². The van der Waals surface area contributed by atoms with E-state index in [1.54, 1.807) is 20.8 Å². The highest BCUT2D eigenvalue weighted by molar-refractivity contribution is 5.87. The molecule has 2 amide bonds. The molecule has 0 saturated heterocycles. The van der Waals surface area contributed by atoms with Gasteiger partial charge in [-0.15, -0.1) is 0 Å². The number of esters is 3. The average Bonchev–Trinajstić information content (AvgIpc) is 3.98. The minimum absolute atomic E-state index is 0.0324. The van der Waals surface area contributed by atoms with Crippen LogP contribution in [0.2, 0.25) is 0 Å². The molecule has 3 aliphatic rings.